The Morgan fingerprint density at radius 1 is 0.667 bits per heavy atom. The van der Waals surface area contributed by atoms with Crippen molar-refractivity contribution in [3.05, 3.63) is 76.3 Å². The number of hydrogen-bond acceptors (Lipinski definition) is 3. The monoisotopic (exact) mass is 566 g/mol. The van der Waals surface area contributed by atoms with Crippen LogP contribution in [0.3, 0.4) is 0 Å². The van der Waals surface area contributed by atoms with E-state index in [4.69, 9.17) is 11.5 Å². The van der Waals surface area contributed by atoms with Crippen LogP contribution in [0.5, 0.6) is 0 Å². The molecule has 42 heavy (non-hydrogen) atoms. The van der Waals surface area contributed by atoms with E-state index in [2.05, 4.69) is 72.1 Å². The van der Waals surface area contributed by atoms with Crippen LogP contribution in [0.1, 0.15) is 114 Å². The number of carbonyl (C=O) groups is 2. The molecule has 0 fully saturated rings. The highest BCUT2D eigenvalue weighted by atomic mass is 16.2. The summed E-state index contributed by atoms with van der Waals surface area (Å²) in [5.41, 5.74) is 20.7. The van der Waals surface area contributed by atoms with Gasteiger partial charge in [0.15, 0.2) is 0 Å². The molecule has 0 aromatic heterocycles. The maximum Gasteiger partial charge on any atom is 0.316 e. The van der Waals surface area contributed by atoms with Gasteiger partial charge in [-0.1, -0.05) is 79.7 Å². The van der Waals surface area contributed by atoms with Gasteiger partial charge in [0.05, 0.1) is 5.69 Å². The summed E-state index contributed by atoms with van der Waals surface area (Å²) < 4.78 is 0. The molecule has 0 radical (unpaired) electrons. The largest absolute Gasteiger partial charge is 0.398 e. The summed E-state index contributed by atoms with van der Waals surface area (Å²) in [5.74, 6) is -0.190. The van der Waals surface area contributed by atoms with Crippen molar-refractivity contribution in [2.75, 3.05) is 16.4 Å². The van der Waals surface area contributed by atoms with Crippen molar-refractivity contribution >= 4 is 29.0 Å². The molecule has 0 aliphatic heterocycles. The van der Waals surface area contributed by atoms with Gasteiger partial charge in [-0.2, -0.15) is 0 Å². The fourth-order valence-corrected chi connectivity index (χ4v) is 7.13. The fourth-order valence-electron chi connectivity index (χ4n) is 7.13. The number of para-hydroxylation sites is 1. The Bertz CT molecular complexity index is 1540. The van der Waals surface area contributed by atoms with E-state index in [1.54, 1.807) is 24.3 Å². The Kier molecular flexibility index (Phi) is 6.99. The number of benzene rings is 3. The average molecular weight is 567 g/mol. The number of nitrogen functional groups attached to an aromatic ring is 1. The van der Waals surface area contributed by atoms with Gasteiger partial charge in [0.25, 0.3) is 5.91 Å². The number of fused-ring (bicyclic) bond motifs is 2. The molecule has 6 nitrogen and oxygen atoms in total. The van der Waals surface area contributed by atoms with Crippen LogP contribution in [0.25, 0.3) is 11.1 Å². The zero-order valence-electron chi connectivity index (χ0n) is 26.4. The van der Waals surface area contributed by atoms with Crippen molar-refractivity contribution in [1.82, 2.24) is 0 Å². The first-order chi connectivity index (χ1) is 19.4. The van der Waals surface area contributed by atoms with Crippen LogP contribution >= 0.6 is 0 Å². The Hall–Kier alpha value is -3.80. The first-order valence-corrected chi connectivity index (χ1v) is 15.0. The first-order valence-electron chi connectivity index (χ1n) is 15.0. The fraction of sp³-hybridized carbons (Fsp3) is 0.444. The molecule has 0 saturated heterocycles. The van der Waals surface area contributed by atoms with Gasteiger partial charge in [-0.25, -0.2) is 4.79 Å². The van der Waals surface area contributed by atoms with Gasteiger partial charge in [-0.05, 0) is 93.9 Å². The van der Waals surface area contributed by atoms with E-state index >= 15 is 0 Å². The highest BCUT2D eigenvalue weighted by Crippen LogP contribution is 2.56. The molecule has 3 aromatic carbocycles. The highest BCUT2D eigenvalue weighted by molar-refractivity contribution is 6.08. The Morgan fingerprint density at radius 3 is 1.71 bits per heavy atom. The van der Waals surface area contributed by atoms with Crippen LogP contribution in [-0.4, -0.2) is 11.9 Å². The van der Waals surface area contributed by atoms with Crippen LogP contribution in [0.15, 0.2) is 48.5 Å². The zero-order valence-corrected chi connectivity index (χ0v) is 26.4. The molecule has 3 amide bonds. The number of anilines is 3. The van der Waals surface area contributed by atoms with E-state index in [1.165, 1.54) is 22.3 Å². The van der Waals surface area contributed by atoms with Gasteiger partial charge in [0.2, 0.25) is 0 Å². The summed E-state index contributed by atoms with van der Waals surface area (Å²) in [7, 11) is 0. The predicted molar refractivity (Wildman–Crippen MR) is 174 cm³/mol. The SMILES string of the molecule is CC1(C)CCC(C)(C)c2c1cc1c(c2NC(=O)c2ccc(NC(N)=O)c(-c3ccccc3N)c2)C(C)(C)CCC1(C)C. The number of nitrogens with one attached hydrogen (secondary N) is 2. The molecular formula is C36H46N4O2. The number of hydrogen-bond donors (Lipinski definition) is 4. The van der Waals surface area contributed by atoms with Crippen LogP contribution < -0.4 is 22.1 Å². The van der Waals surface area contributed by atoms with Crippen molar-refractivity contribution < 1.29 is 9.59 Å². The minimum absolute atomic E-state index is 0.00286. The quantitative estimate of drug-likeness (QED) is 0.238. The molecule has 0 spiro atoms. The molecule has 0 atom stereocenters. The minimum atomic E-state index is -0.680. The maximum atomic E-state index is 14.3. The van der Waals surface area contributed by atoms with E-state index in [-0.39, 0.29) is 27.6 Å². The summed E-state index contributed by atoms with van der Waals surface area (Å²) in [6, 6.07) is 14.4. The van der Waals surface area contributed by atoms with Gasteiger partial charge < -0.3 is 22.1 Å². The Labute approximate surface area is 250 Å². The Morgan fingerprint density at radius 2 is 1.19 bits per heavy atom. The number of amides is 3. The Balaban J connectivity index is 1.72. The number of primary amides is 1. The summed E-state index contributed by atoms with van der Waals surface area (Å²) in [6.07, 6.45) is 4.28. The van der Waals surface area contributed by atoms with Gasteiger partial charge in [-0.3, -0.25) is 4.79 Å². The molecule has 6 heteroatoms. The lowest BCUT2D eigenvalue weighted by atomic mass is 9.56. The number of carbonyl (C=O) groups excluding carboxylic acids is 2. The molecule has 0 unspecified atom stereocenters. The van der Waals surface area contributed by atoms with Gasteiger partial charge in [-0.15, -0.1) is 0 Å². The predicted octanol–water partition coefficient (Wildman–Crippen LogP) is 8.38. The van der Waals surface area contributed by atoms with E-state index < -0.39 is 6.03 Å². The minimum Gasteiger partial charge on any atom is -0.398 e. The number of urea groups is 1. The summed E-state index contributed by atoms with van der Waals surface area (Å²) in [6.45, 7) is 18.6. The van der Waals surface area contributed by atoms with Gasteiger partial charge >= 0.3 is 6.03 Å². The van der Waals surface area contributed by atoms with E-state index in [1.807, 2.05) is 18.2 Å². The first kappa shape index (κ1) is 29.7. The molecule has 5 rings (SSSR count). The molecule has 0 heterocycles. The van der Waals surface area contributed by atoms with Crippen molar-refractivity contribution in [3.63, 3.8) is 0 Å². The number of rotatable bonds is 4. The number of nitrogens with two attached hydrogens (primary N) is 2. The van der Waals surface area contributed by atoms with Crippen molar-refractivity contribution in [2.45, 2.75) is 103 Å². The molecule has 3 aromatic rings. The highest BCUT2D eigenvalue weighted by Gasteiger charge is 2.46. The maximum absolute atomic E-state index is 14.3. The summed E-state index contributed by atoms with van der Waals surface area (Å²) in [4.78, 5) is 26.1. The van der Waals surface area contributed by atoms with Crippen LogP contribution in [-0.2, 0) is 21.7 Å². The second kappa shape index (κ2) is 9.89. The standard InChI is InChI=1S/C36H46N4O2/c1-33(2)15-17-35(5,6)28-24(33)20-25-29(36(7,8)18-16-34(25,3)4)30(28)40-31(41)21-13-14-27(39-32(38)42)23(19-21)22-11-9-10-12-26(22)37/h9-14,19-20H,15-18,37H2,1-8H3,(H,40,41)(H3,38,39,42). The molecule has 0 bridgehead atoms. The van der Waals surface area contributed by atoms with Crippen molar-refractivity contribution in [1.29, 1.82) is 0 Å². The molecule has 6 N–H and O–H groups in total. The van der Waals surface area contributed by atoms with E-state index in [9.17, 15) is 9.59 Å². The van der Waals surface area contributed by atoms with Crippen molar-refractivity contribution in [2.24, 2.45) is 5.73 Å². The molecule has 222 valence electrons. The van der Waals surface area contributed by atoms with Crippen LogP contribution in [0, 0.1) is 0 Å². The third-order valence-corrected chi connectivity index (χ3v) is 9.92. The molecule has 2 aliphatic carbocycles. The lowest BCUT2D eigenvalue weighted by Gasteiger charge is -2.49. The zero-order chi connectivity index (χ0) is 30.8. The molecule has 2 aliphatic rings. The molecular weight excluding hydrogens is 520 g/mol. The lowest BCUT2D eigenvalue weighted by molar-refractivity contribution is 0.102. The molecule has 0 saturated carbocycles. The van der Waals surface area contributed by atoms with Crippen LogP contribution in [0.4, 0.5) is 21.9 Å². The van der Waals surface area contributed by atoms with E-state index in [0.717, 1.165) is 36.9 Å². The normalized spacial score (nSPS) is 19.2. The van der Waals surface area contributed by atoms with Gasteiger partial charge in [0.1, 0.15) is 0 Å². The van der Waals surface area contributed by atoms with Gasteiger partial charge in [0, 0.05) is 28.1 Å². The lowest BCUT2D eigenvalue weighted by Crippen LogP contribution is -2.41. The second-order valence-electron chi connectivity index (χ2n) is 14.9. The third-order valence-electron chi connectivity index (χ3n) is 9.92. The topological polar surface area (TPSA) is 110 Å². The van der Waals surface area contributed by atoms with Crippen LogP contribution in [0.2, 0.25) is 0 Å². The van der Waals surface area contributed by atoms with E-state index in [0.29, 0.717) is 22.5 Å². The summed E-state index contributed by atoms with van der Waals surface area (Å²) in [5, 5.41) is 6.16. The smallest absolute Gasteiger partial charge is 0.316 e. The van der Waals surface area contributed by atoms with Crippen molar-refractivity contribution in [3.8, 4) is 11.1 Å². The summed E-state index contributed by atoms with van der Waals surface area (Å²) >= 11 is 0. The third kappa shape index (κ3) is 5.05. The second-order valence-corrected chi connectivity index (χ2v) is 14.9. The average Bonchev–Trinajstić information content (AvgIpc) is 2.89.